The van der Waals surface area contributed by atoms with Crippen molar-refractivity contribution in [3.63, 3.8) is 0 Å². The van der Waals surface area contributed by atoms with Gasteiger partial charge in [0.25, 0.3) is 0 Å². The minimum atomic E-state index is -0.141. The molecule has 2 heterocycles. The maximum Gasteiger partial charge on any atom is 0.317 e. The van der Waals surface area contributed by atoms with Gasteiger partial charge in [-0.25, -0.2) is 4.79 Å². The smallest absolute Gasteiger partial charge is 0.317 e. The van der Waals surface area contributed by atoms with Gasteiger partial charge in [-0.2, -0.15) is 0 Å². The average Bonchev–Trinajstić information content (AvgIpc) is 2.96. The summed E-state index contributed by atoms with van der Waals surface area (Å²) in [6, 6.07) is 5.29. The van der Waals surface area contributed by atoms with Gasteiger partial charge in [-0.1, -0.05) is 5.16 Å². The first-order valence-corrected chi connectivity index (χ1v) is 6.07. The largest absolute Gasteiger partial charge is 0.461 e. The van der Waals surface area contributed by atoms with E-state index in [1.807, 2.05) is 13.8 Å². The number of rotatable bonds is 4. The minimum absolute atomic E-state index is 0.103. The third kappa shape index (κ3) is 3.37. The number of urea groups is 1. The third-order valence-electron chi connectivity index (χ3n) is 2.48. The number of hydrogen-bond donors (Lipinski definition) is 1. The normalized spacial score (nSPS) is 10.7. The summed E-state index contributed by atoms with van der Waals surface area (Å²) in [5.74, 6) is 1.17. The standard InChI is InChI=1S/C13H17N3O3/c1-9(2)14-13(17)16(3)8-10-7-12(19-15-10)11-5-4-6-18-11/h4-7,9H,8H2,1-3H3,(H,14,17). The summed E-state index contributed by atoms with van der Waals surface area (Å²) in [7, 11) is 1.71. The molecule has 2 aromatic heterocycles. The highest BCUT2D eigenvalue weighted by Gasteiger charge is 2.14. The monoisotopic (exact) mass is 263 g/mol. The molecule has 2 aromatic rings. The van der Waals surface area contributed by atoms with Crippen molar-refractivity contribution in [2.45, 2.75) is 26.4 Å². The van der Waals surface area contributed by atoms with Crippen LogP contribution in [-0.2, 0) is 6.54 Å². The maximum absolute atomic E-state index is 11.7. The van der Waals surface area contributed by atoms with E-state index >= 15 is 0 Å². The molecule has 19 heavy (non-hydrogen) atoms. The van der Waals surface area contributed by atoms with Crippen molar-refractivity contribution < 1.29 is 13.7 Å². The Hall–Kier alpha value is -2.24. The van der Waals surface area contributed by atoms with Crippen LogP contribution in [0.4, 0.5) is 4.79 Å². The van der Waals surface area contributed by atoms with E-state index in [0.717, 1.165) is 0 Å². The van der Waals surface area contributed by atoms with Crippen LogP contribution in [0, 0.1) is 0 Å². The van der Waals surface area contributed by atoms with Gasteiger partial charge in [0.15, 0.2) is 5.76 Å². The van der Waals surface area contributed by atoms with Crippen LogP contribution in [0.3, 0.4) is 0 Å². The van der Waals surface area contributed by atoms with E-state index in [2.05, 4.69) is 10.5 Å². The lowest BCUT2D eigenvalue weighted by Crippen LogP contribution is -2.40. The van der Waals surface area contributed by atoms with Gasteiger partial charge >= 0.3 is 6.03 Å². The molecule has 0 aliphatic rings. The Morgan fingerprint density at radius 2 is 2.26 bits per heavy atom. The van der Waals surface area contributed by atoms with E-state index in [9.17, 15) is 4.79 Å². The van der Waals surface area contributed by atoms with Gasteiger partial charge in [0, 0.05) is 19.2 Å². The molecule has 0 unspecified atom stereocenters. The molecule has 1 N–H and O–H groups in total. The van der Waals surface area contributed by atoms with E-state index in [4.69, 9.17) is 8.94 Å². The van der Waals surface area contributed by atoms with Crippen LogP contribution < -0.4 is 5.32 Å². The lowest BCUT2D eigenvalue weighted by Gasteiger charge is -2.18. The highest BCUT2D eigenvalue weighted by molar-refractivity contribution is 5.74. The first-order chi connectivity index (χ1) is 9.06. The number of carbonyl (C=O) groups is 1. The molecule has 6 nitrogen and oxygen atoms in total. The highest BCUT2D eigenvalue weighted by Crippen LogP contribution is 2.20. The Morgan fingerprint density at radius 3 is 2.89 bits per heavy atom. The van der Waals surface area contributed by atoms with E-state index in [1.165, 1.54) is 0 Å². The molecule has 0 aliphatic heterocycles. The van der Waals surface area contributed by atoms with Gasteiger partial charge in [-0.05, 0) is 26.0 Å². The van der Waals surface area contributed by atoms with Crippen LogP contribution in [0.2, 0.25) is 0 Å². The summed E-state index contributed by atoms with van der Waals surface area (Å²) in [6.45, 7) is 4.20. The molecule has 0 fully saturated rings. The highest BCUT2D eigenvalue weighted by atomic mass is 16.5. The molecule has 0 bridgehead atoms. The van der Waals surface area contributed by atoms with Gasteiger partial charge in [-0.15, -0.1) is 0 Å². The summed E-state index contributed by atoms with van der Waals surface area (Å²) in [6.07, 6.45) is 1.57. The average molecular weight is 263 g/mol. The SMILES string of the molecule is CC(C)NC(=O)N(C)Cc1cc(-c2ccco2)on1. The third-order valence-corrected chi connectivity index (χ3v) is 2.48. The molecular weight excluding hydrogens is 246 g/mol. The second kappa shape index (κ2) is 5.60. The van der Waals surface area contributed by atoms with Gasteiger partial charge in [-0.3, -0.25) is 0 Å². The summed E-state index contributed by atoms with van der Waals surface area (Å²) in [5, 5.41) is 6.72. The van der Waals surface area contributed by atoms with Crippen molar-refractivity contribution in [1.82, 2.24) is 15.4 Å². The van der Waals surface area contributed by atoms with E-state index in [0.29, 0.717) is 23.8 Å². The minimum Gasteiger partial charge on any atom is -0.461 e. The van der Waals surface area contributed by atoms with Crippen molar-refractivity contribution in [3.8, 4) is 11.5 Å². The predicted molar refractivity (Wildman–Crippen MR) is 69.3 cm³/mol. The van der Waals surface area contributed by atoms with Crippen LogP contribution in [0.15, 0.2) is 33.4 Å². The van der Waals surface area contributed by atoms with Crippen LogP contribution in [-0.4, -0.2) is 29.2 Å². The zero-order chi connectivity index (χ0) is 13.8. The molecule has 0 saturated carbocycles. The van der Waals surface area contributed by atoms with Crippen molar-refractivity contribution in [2.75, 3.05) is 7.05 Å². The number of furan rings is 1. The Bertz CT molecular complexity index is 531. The fraction of sp³-hybridized carbons (Fsp3) is 0.385. The van der Waals surface area contributed by atoms with Gasteiger partial charge in [0.2, 0.25) is 5.76 Å². The van der Waals surface area contributed by atoms with Crippen molar-refractivity contribution >= 4 is 6.03 Å². The first-order valence-electron chi connectivity index (χ1n) is 6.07. The predicted octanol–water partition coefficient (Wildman–Crippen LogP) is 2.48. The lowest BCUT2D eigenvalue weighted by atomic mass is 10.3. The Labute approximate surface area is 111 Å². The molecule has 0 aromatic carbocycles. The van der Waals surface area contributed by atoms with Gasteiger partial charge in [0.1, 0.15) is 5.69 Å². The second-order valence-electron chi connectivity index (χ2n) is 4.62. The number of aromatic nitrogens is 1. The maximum atomic E-state index is 11.7. The fourth-order valence-electron chi connectivity index (χ4n) is 1.59. The summed E-state index contributed by atoms with van der Waals surface area (Å²) < 4.78 is 10.4. The number of hydrogen-bond acceptors (Lipinski definition) is 4. The van der Waals surface area contributed by atoms with Crippen LogP contribution in [0.5, 0.6) is 0 Å². The molecule has 2 rings (SSSR count). The zero-order valence-electron chi connectivity index (χ0n) is 11.2. The lowest BCUT2D eigenvalue weighted by molar-refractivity contribution is 0.203. The van der Waals surface area contributed by atoms with E-state index < -0.39 is 0 Å². The molecule has 6 heteroatoms. The number of nitrogens with one attached hydrogen (secondary N) is 1. The Morgan fingerprint density at radius 1 is 1.47 bits per heavy atom. The number of carbonyl (C=O) groups excluding carboxylic acids is 1. The molecule has 0 saturated heterocycles. The summed E-state index contributed by atoms with van der Waals surface area (Å²) in [4.78, 5) is 13.3. The molecular formula is C13H17N3O3. The fourth-order valence-corrected chi connectivity index (χ4v) is 1.59. The number of amides is 2. The molecule has 0 radical (unpaired) electrons. The summed E-state index contributed by atoms with van der Waals surface area (Å²) >= 11 is 0. The molecule has 102 valence electrons. The molecule has 2 amide bonds. The van der Waals surface area contributed by atoms with Crippen LogP contribution in [0.1, 0.15) is 19.5 Å². The van der Waals surface area contributed by atoms with Crippen molar-refractivity contribution in [3.05, 3.63) is 30.2 Å². The zero-order valence-corrected chi connectivity index (χ0v) is 11.2. The van der Waals surface area contributed by atoms with Crippen molar-refractivity contribution in [1.29, 1.82) is 0 Å². The molecule has 0 spiro atoms. The topological polar surface area (TPSA) is 71.5 Å². The van der Waals surface area contributed by atoms with Crippen LogP contribution >= 0.6 is 0 Å². The van der Waals surface area contributed by atoms with E-state index in [1.54, 1.807) is 36.4 Å². The number of nitrogens with zero attached hydrogens (tertiary/aromatic N) is 2. The second-order valence-corrected chi connectivity index (χ2v) is 4.62. The summed E-state index contributed by atoms with van der Waals surface area (Å²) in [5.41, 5.74) is 0.674. The molecule has 0 aliphatic carbocycles. The van der Waals surface area contributed by atoms with Gasteiger partial charge < -0.3 is 19.2 Å². The Kier molecular flexibility index (Phi) is 3.89. The van der Waals surface area contributed by atoms with Gasteiger partial charge in [0.05, 0.1) is 12.8 Å². The van der Waals surface area contributed by atoms with Crippen molar-refractivity contribution in [2.24, 2.45) is 0 Å². The quantitative estimate of drug-likeness (QED) is 0.919. The molecule has 0 atom stereocenters. The van der Waals surface area contributed by atoms with E-state index in [-0.39, 0.29) is 12.1 Å². The Balaban J connectivity index is 1.98. The van der Waals surface area contributed by atoms with Crippen LogP contribution in [0.25, 0.3) is 11.5 Å². The first kappa shape index (κ1) is 13.2.